The van der Waals surface area contributed by atoms with Crippen LogP contribution in [0.1, 0.15) is 5.56 Å². The van der Waals surface area contributed by atoms with Crippen LogP contribution in [0.2, 0.25) is 5.15 Å². The van der Waals surface area contributed by atoms with E-state index in [-0.39, 0.29) is 6.61 Å². The van der Waals surface area contributed by atoms with Crippen molar-refractivity contribution in [3.05, 3.63) is 35.0 Å². The van der Waals surface area contributed by atoms with E-state index < -0.39 is 0 Å². The summed E-state index contributed by atoms with van der Waals surface area (Å²) in [7, 11) is 1.55. The van der Waals surface area contributed by atoms with Gasteiger partial charge in [-0.25, -0.2) is 4.98 Å². The van der Waals surface area contributed by atoms with Gasteiger partial charge in [-0.15, -0.1) is 0 Å². The van der Waals surface area contributed by atoms with Crippen LogP contribution in [-0.2, 0) is 6.61 Å². The van der Waals surface area contributed by atoms with Crippen molar-refractivity contribution in [1.82, 2.24) is 4.98 Å². The molecule has 0 aliphatic rings. The Labute approximate surface area is 92.3 Å². The van der Waals surface area contributed by atoms with E-state index in [9.17, 15) is 5.11 Å². The van der Waals surface area contributed by atoms with E-state index in [4.69, 9.17) is 16.3 Å². The fraction of sp³-hybridized carbons (Fsp3) is 0.182. The first kappa shape index (κ1) is 10.2. The maximum absolute atomic E-state index is 9.19. The standard InChI is InChI=1S/C11H10ClNO2/c1-15-11-8-4-2-3-7(6-14)9(8)5-10(12)13-11/h2-5,14H,6H2,1H3. The van der Waals surface area contributed by atoms with Crippen molar-refractivity contribution in [2.45, 2.75) is 6.61 Å². The second-order valence-corrected chi connectivity index (χ2v) is 3.51. The number of halogens is 1. The summed E-state index contributed by atoms with van der Waals surface area (Å²) in [5.41, 5.74) is 0.815. The zero-order chi connectivity index (χ0) is 10.8. The SMILES string of the molecule is COc1nc(Cl)cc2c(CO)cccc12. The number of nitrogens with zero attached hydrogens (tertiary/aromatic N) is 1. The zero-order valence-corrected chi connectivity index (χ0v) is 8.95. The van der Waals surface area contributed by atoms with Crippen molar-refractivity contribution in [3.8, 4) is 5.88 Å². The Bertz CT molecular complexity index is 499. The summed E-state index contributed by atoms with van der Waals surface area (Å²) >= 11 is 5.86. The second-order valence-electron chi connectivity index (χ2n) is 3.12. The molecule has 0 spiro atoms. The van der Waals surface area contributed by atoms with Gasteiger partial charge >= 0.3 is 0 Å². The number of fused-ring (bicyclic) bond motifs is 1. The molecule has 0 unspecified atom stereocenters. The second kappa shape index (κ2) is 4.04. The number of hydrogen-bond acceptors (Lipinski definition) is 3. The number of aromatic nitrogens is 1. The molecule has 3 nitrogen and oxygen atoms in total. The van der Waals surface area contributed by atoms with Gasteiger partial charge in [0.05, 0.1) is 13.7 Å². The highest BCUT2D eigenvalue weighted by Crippen LogP contribution is 2.28. The molecule has 2 aromatic rings. The van der Waals surface area contributed by atoms with Gasteiger partial charge in [0, 0.05) is 5.39 Å². The number of hydrogen-bond donors (Lipinski definition) is 1. The minimum atomic E-state index is -0.0269. The molecule has 4 heteroatoms. The number of aliphatic hydroxyl groups is 1. The van der Waals surface area contributed by atoms with Gasteiger partial charge < -0.3 is 9.84 Å². The van der Waals surface area contributed by atoms with Gasteiger partial charge in [-0.05, 0) is 23.1 Å². The number of ether oxygens (including phenoxy) is 1. The van der Waals surface area contributed by atoms with Gasteiger partial charge in [0.15, 0.2) is 0 Å². The first-order valence-electron chi connectivity index (χ1n) is 4.49. The summed E-state index contributed by atoms with van der Waals surface area (Å²) in [6, 6.07) is 7.31. The van der Waals surface area contributed by atoms with Crippen molar-refractivity contribution >= 4 is 22.4 Å². The fourth-order valence-corrected chi connectivity index (χ4v) is 1.76. The van der Waals surface area contributed by atoms with Crippen LogP contribution in [0, 0.1) is 0 Å². The summed E-state index contributed by atoms with van der Waals surface area (Å²) in [5.74, 6) is 0.479. The highest BCUT2D eigenvalue weighted by Gasteiger charge is 2.07. The molecule has 0 bridgehead atoms. The maximum Gasteiger partial charge on any atom is 0.222 e. The molecule has 1 N–H and O–H groups in total. The average Bonchev–Trinajstić information content (AvgIpc) is 2.27. The Morgan fingerprint density at radius 1 is 1.40 bits per heavy atom. The van der Waals surface area contributed by atoms with Crippen LogP contribution in [0.5, 0.6) is 5.88 Å². The third-order valence-electron chi connectivity index (χ3n) is 2.26. The van der Waals surface area contributed by atoms with Crippen molar-refractivity contribution < 1.29 is 9.84 Å². The van der Waals surface area contributed by atoms with Gasteiger partial charge in [0.1, 0.15) is 5.15 Å². The van der Waals surface area contributed by atoms with E-state index in [2.05, 4.69) is 4.98 Å². The number of methoxy groups -OCH3 is 1. The van der Waals surface area contributed by atoms with E-state index >= 15 is 0 Å². The molecular weight excluding hydrogens is 214 g/mol. The zero-order valence-electron chi connectivity index (χ0n) is 8.20. The van der Waals surface area contributed by atoms with E-state index in [1.165, 1.54) is 0 Å². The Morgan fingerprint density at radius 3 is 2.87 bits per heavy atom. The molecule has 0 saturated heterocycles. The molecule has 0 atom stereocenters. The van der Waals surface area contributed by atoms with Gasteiger partial charge in [-0.2, -0.15) is 0 Å². The lowest BCUT2D eigenvalue weighted by Gasteiger charge is -2.07. The predicted molar refractivity (Wildman–Crippen MR) is 59.2 cm³/mol. The normalized spacial score (nSPS) is 10.6. The third kappa shape index (κ3) is 1.76. The minimum Gasteiger partial charge on any atom is -0.481 e. The van der Waals surface area contributed by atoms with Gasteiger partial charge in [0.25, 0.3) is 0 Å². The number of aliphatic hydroxyl groups excluding tert-OH is 1. The van der Waals surface area contributed by atoms with Gasteiger partial charge in [0.2, 0.25) is 5.88 Å². The molecular formula is C11H10ClNO2. The molecule has 78 valence electrons. The summed E-state index contributed by atoms with van der Waals surface area (Å²) in [4.78, 5) is 4.06. The molecule has 0 saturated carbocycles. The summed E-state index contributed by atoms with van der Waals surface area (Å²) < 4.78 is 5.13. The molecule has 1 heterocycles. The van der Waals surface area contributed by atoms with Crippen LogP contribution >= 0.6 is 11.6 Å². The van der Waals surface area contributed by atoms with Crippen LogP contribution in [0.15, 0.2) is 24.3 Å². The quantitative estimate of drug-likeness (QED) is 0.795. The highest BCUT2D eigenvalue weighted by molar-refractivity contribution is 6.30. The van der Waals surface area contributed by atoms with E-state index in [0.29, 0.717) is 11.0 Å². The largest absolute Gasteiger partial charge is 0.481 e. The fourth-order valence-electron chi connectivity index (χ4n) is 1.57. The first-order chi connectivity index (χ1) is 7.26. The van der Waals surface area contributed by atoms with Crippen LogP contribution in [0.3, 0.4) is 0 Å². The van der Waals surface area contributed by atoms with Crippen molar-refractivity contribution in [2.75, 3.05) is 7.11 Å². The molecule has 0 aliphatic heterocycles. The minimum absolute atomic E-state index is 0.0269. The lowest BCUT2D eigenvalue weighted by atomic mass is 10.1. The number of benzene rings is 1. The monoisotopic (exact) mass is 223 g/mol. The van der Waals surface area contributed by atoms with E-state index in [1.54, 1.807) is 13.2 Å². The van der Waals surface area contributed by atoms with Crippen LogP contribution in [0.4, 0.5) is 0 Å². The average molecular weight is 224 g/mol. The highest BCUT2D eigenvalue weighted by atomic mass is 35.5. The molecule has 1 aromatic carbocycles. The van der Waals surface area contributed by atoms with Crippen molar-refractivity contribution in [3.63, 3.8) is 0 Å². The molecule has 15 heavy (non-hydrogen) atoms. The molecule has 0 amide bonds. The summed E-state index contributed by atoms with van der Waals surface area (Å²) in [6.07, 6.45) is 0. The Balaban J connectivity index is 2.82. The smallest absolute Gasteiger partial charge is 0.222 e. The maximum atomic E-state index is 9.19. The number of pyridine rings is 1. The Morgan fingerprint density at radius 2 is 2.20 bits per heavy atom. The lowest BCUT2D eigenvalue weighted by molar-refractivity contribution is 0.283. The Hall–Kier alpha value is -1.32. The van der Waals surface area contributed by atoms with E-state index in [0.717, 1.165) is 16.3 Å². The number of rotatable bonds is 2. The summed E-state index contributed by atoms with van der Waals surface area (Å²) in [6.45, 7) is -0.0269. The predicted octanol–water partition coefficient (Wildman–Crippen LogP) is 2.39. The topological polar surface area (TPSA) is 42.4 Å². The van der Waals surface area contributed by atoms with Crippen LogP contribution in [-0.4, -0.2) is 17.2 Å². The molecule has 2 rings (SSSR count). The summed E-state index contributed by atoms with van der Waals surface area (Å²) in [5, 5.41) is 11.3. The third-order valence-corrected chi connectivity index (χ3v) is 2.46. The molecule has 1 aromatic heterocycles. The van der Waals surface area contributed by atoms with Crippen LogP contribution < -0.4 is 4.74 Å². The van der Waals surface area contributed by atoms with Crippen LogP contribution in [0.25, 0.3) is 10.8 Å². The molecule has 0 radical (unpaired) electrons. The molecule has 0 fully saturated rings. The first-order valence-corrected chi connectivity index (χ1v) is 4.87. The van der Waals surface area contributed by atoms with Crippen molar-refractivity contribution in [2.24, 2.45) is 0 Å². The molecule has 0 aliphatic carbocycles. The lowest BCUT2D eigenvalue weighted by Crippen LogP contribution is -1.92. The van der Waals surface area contributed by atoms with Crippen molar-refractivity contribution in [1.29, 1.82) is 0 Å². The Kier molecular flexibility index (Phi) is 2.75. The van der Waals surface area contributed by atoms with Gasteiger partial charge in [-0.1, -0.05) is 23.7 Å². The van der Waals surface area contributed by atoms with Gasteiger partial charge in [-0.3, -0.25) is 0 Å². The van der Waals surface area contributed by atoms with E-state index in [1.807, 2.05) is 18.2 Å².